The summed E-state index contributed by atoms with van der Waals surface area (Å²) in [5.41, 5.74) is 0. The van der Waals surface area contributed by atoms with Crippen molar-refractivity contribution >= 4 is 11.9 Å². The van der Waals surface area contributed by atoms with Crippen molar-refractivity contribution in [2.45, 2.75) is 25.4 Å². The summed E-state index contributed by atoms with van der Waals surface area (Å²) in [5, 5.41) is 11.7. The standard InChI is InChI=1S/C11H20N2O4/c1-12-4-2-3-10(14)13-5-6-17-9(8-13)7-11(15)16/h9,12H,2-8H2,1H3,(H,15,16). The molecule has 98 valence electrons. The summed E-state index contributed by atoms with van der Waals surface area (Å²) < 4.78 is 5.31. The molecule has 1 unspecified atom stereocenters. The number of carbonyl (C=O) groups is 2. The van der Waals surface area contributed by atoms with Crippen molar-refractivity contribution in [3.63, 3.8) is 0 Å². The van der Waals surface area contributed by atoms with Gasteiger partial charge in [-0.15, -0.1) is 0 Å². The number of carboxylic acids is 1. The number of aliphatic carboxylic acids is 1. The van der Waals surface area contributed by atoms with Gasteiger partial charge in [-0.25, -0.2) is 0 Å². The van der Waals surface area contributed by atoms with Crippen LogP contribution in [0, 0.1) is 0 Å². The summed E-state index contributed by atoms with van der Waals surface area (Å²) in [7, 11) is 1.85. The van der Waals surface area contributed by atoms with Crippen molar-refractivity contribution < 1.29 is 19.4 Å². The van der Waals surface area contributed by atoms with Crippen molar-refractivity contribution in [3.8, 4) is 0 Å². The predicted octanol–water partition coefficient (Wildman–Crippen LogP) is -0.312. The van der Waals surface area contributed by atoms with Gasteiger partial charge in [0.15, 0.2) is 0 Å². The highest BCUT2D eigenvalue weighted by molar-refractivity contribution is 5.76. The number of ether oxygens (including phenoxy) is 1. The molecule has 1 amide bonds. The Kier molecular flexibility index (Phi) is 5.93. The molecular formula is C11H20N2O4. The molecule has 0 radical (unpaired) electrons. The van der Waals surface area contributed by atoms with E-state index in [9.17, 15) is 9.59 Å². The number of hydrogen-bond acceptors (Lipinski definition) is 4. The van der Waals surface area contributed by atoms with Crippen molar-refractivity contribution in [2.24, 2.45) is 0 Å². The Labute approximate surface area is 101 Å². The van der Waals surface area contributed by atoms with Gasteiger partial charge in [-0.05, 0) is 20.0 Å². The van der Waals surface area contributed by atoms with E-state index in [1.54, 1.807) is 4.90 Å². The fourth-order valence-electron chi connectivity index (χ4n) is 1.84. The van der Waals surface area contributed by atoms with Crippen molar-refractivity contribution in [1.82, 2.24) is 10.2 Å². The monoisotopic (exact) mass is 244 g/mol. The third-order valence-corrected chi connectivity index (χ3v) is 2.71. The van der Waals surface area contributed by atoms with Crippen LogP contribution in [0.15, 0.2) is 0 Å². The fraction of sp³-hybridized carbons (Fsp3) is 0.818. The molecule has 0 aromatic carbocycles. The van der Waals surface area contributed by atoms with Gasteiger partial charge in [-0.1, -0.05) is 0 Å². The van der Waals surface area contributed by atoms with Gasteiger partial charge in [0.2, 0.25) is 5.91 Å². The molecule has 1 atom stereocenters. The maximum absolute atomic E-state index is 11.8. The van der Waals surface area contributed by atoms with Crippen molar-refractivity contribution in [2.75, 3.05) is 33.3 Å². The van der Waals surface area contributed by atoms with Crippen LogP contribution in [-0.2, 0) is 14.3 Å². The van der Waals surface area contributed by atoms with Crippen LogP contribution < -0.4 is 5.32 Å². The number of hydrogen-bond donors (Lipinski definition) is 2. The van der Waals surface area contributed by atoms with Gasteiger partial charge in [-0.3, -0.25) is 9.59 Å². The van der Waals surface area contributed by atoms with Crippen LogP contribution in [0.1, 0.15) is 19.3 Å². The quantitative estimate of drug-likeness (QED) is 0.626. The van der Waals surface area contributed by atoms with E-state index in [1.807, 2.05) is 7.05 Å². The largest absolute Gasteiger partial charge is 0.481 e. The lowest BCUT2D eigenvalue weighted by Crippen LogP contribution is -2.46. The fourth-order valence-corrected chi connectivity index (χ4v) is 1.84. The molecule has 1 heterocycles. The number of carbonyl (C=O) groups excluding carboxylic acids is 1. The number of rotatable bonds is 6. The van der Waals surface area contributed by atoms with Crippen LogP contribution in [0.4, 0.5) is 0 Å². The number of morpholine rings is 1. The molecule has 2 N–H and O–H groups in total. The summed E-state index contributed by atoms with van der Waals surface area (Å²) in [6.45, 7) is 2.20. The van der Waals surface area contributed by atoms with E-state index in [4.69, 9.17) is 9.84 Å². The van der Waals surface area contributed by atoms with Gasteiger partial charge in [0, 0.05) is 19.5 Å². The Balaban J connectivity index is 2.32. The van der Waals surface area contributed by atoms with Crippen LogP contribution in [0.2, 0.25) is 0 Å². The molecule has 17 heavy (non-hydrogen) atoms. The van der Waals surface area contributed by atoms with Gasteiger partial charge in [-0.2, -0.15) is 0 Å². The van der Waals surface area contributed by atoms with E-state index in [2.05, 4.69) is 5.32 Å². The van der Waals surface area contributed by atoms with Crippen molar-refractivity contribution in [3.05, 3.63) is 0 Å². The summed E-state index contributed by atoms with van der Waals surface area (Å²) in [6.07, 6.45) is 0.895. The smallest absolute Gasteiger partial charge is 0.306 e. The lowest BCUT2D eigenvalue weighted by atomic mass is 10.2. The third-order valence-electron chi connectivity index (χ3n) is 2.71. The Morgan fingerprint density at radius 3 is 2.94 bits per heavy atom. The van der Waals surface area contributed by atoms with E-state index in [0.717, 1.165) is 13.0 Å². The first-order chi connectivity index (χ1) is 8.13. The average Bonchev–Trinajstić information content (AvgIpc) is 2.28. The van der Waals surface area contributed by atoms with Crippen LogP contribution in [-0.4, -0.2) is 61.3 Å². The van der Waals surface area contributed by atoms with Crippen molar-refractivity contribution in [1.29, 1.82) is 0 Å². The lowest BCUT2D eigenvalue weighted by Gasteiger charge is -2.32. The molecule has 1 aliphatic heterocycles. The van der Waals surface area contributed by atoms with E-state index in [0.29, 0.717) is 26.1 Å². The topological polar surface area (TPSA) is 78.9 Å². The van der Waals surface area contributed by atoms with Gasteiger partial charge in [0.05, 0.1) is 19.1 Å². The second kappa shape index (κ2) is 7.24. The molecule has 1 saturated heterocycles. The maximum atomic E-state index is 11.8. The molecule has 6 nitrogen and oxygen atoms in total. The molecule has 1 aliphatic rings. The van der Waals surface area contributed by atoms with Crippen LogP contribution in [0.3, 0.4) is 0 Å². The Hall–Kier alpha value is -1.14. The zero-order valence-electron chi connectivity index (χ0n) is 10.1. The molecule has 1 fully saturated rings. The minimum absolute atomic E-state index is 0.0414. The van der Waals surface area contributed by atoms with Gasteiger partial charge >= 0.3 is 5.97 Å². The highest BCUT2D eigenvalue weighted by Gasteiger charge is 2.25. The lowest BCUT2D eigenvalue weighted by molar-refractivity contribution is -0.147. The van der Waals surface area contributed by atoms with Crippen LogP contribution in [0.25, 0.3) is 0 Å². The maximum Gasteiger partial charge on any atom is 0.306 e. The summed E-state index contributed by atoms with van der Waals surface area (Å²) in [5.74, 6) is -0.807. The Morgan fingerprint density at radius 1 is 1.53 bits per heavy atom. The molecule has 0 saturated carbocycles. The van der Waals surface area contributed by atoms with Gasteiger partial charge in [0.1, 0.15) is 0 Å². The first-order valence-electron chi connectivity index (χ1n) is 5.89. The van der Waals surface area contributed by atoms with Gasteiger partial charge in [0.25, 0.3) is 0 Å². The van der Waals surface area contributed by atoms with E-state index < -0.39 is 5.97 Å². The highest BCUT2D eigenvalue weighted by Crippen LogP contribution is 2.10. The minimum Gasteiger partial charge on any atom is -0.481 e. The molecule has 0 spiro atoms. The Bertz CT molecular complexity index is 270. The van der Waals surface area contributed by atoms with E-state index >= 15 is 0 Å². The number of carboxylic acid groups (broad SMARTS) is 1. The first kappa shape index (κ1) is 13.9. The second-order valence-corrected chi connectivity index (χ2v) is 4.14. The predicted molar refractivity (Wildman–Crippen MR) is 61.7 cm³/mol. The minimum atomic E-state index is -0.889. The number of nitrogens with zero attached hydrogens (tertiary/aromatic N) is 1. The molecule has 0 aromatic heterocycles. The van der Waals surface area contributed by atoms with E-state index in [-0.39, 0.29) is 18.4 Å². The van der Waals surface area contributed by atoms with Gasteiger partial charge < -0.3 is 20.1 Å². The zero-order chi connectivity index (χ0) is 12.7. The first-order valence-corrected chi connectivity index (χ1v) is 5.89. The second-order valence-electron chi connectivity index (χ2n) is 4.14. The SMILES string of the molecule is CNCCCC(=O)N1CCOC(CC(=O)O)C1. The summed E-state index contributed by atoms with van der Waals surface area (Å²) in [4.78, 5) is 24.1. The number of amides is 1. The molecule has 0 bridgehead atoms. The summed E-state index contributed by atoms with van der Waals surface area (Å²) >= 11 is 0. The molecule has 6 heteroatoms. The summed E-state index contributed by atoms with van der Waals surface area (Å²) in [6, 6.07) is 0. The zero-order valence-corrected chi connectivity index (χ0v) is 10.1. The van der Waals surface area contributed by atoms with E-state index in [1.165, 1.54) is 0 Å². The van der Waals surface area contributed by atoms with Crippen LogP contribution in [0.5, 0.6) is 0 Å². The highest BCUT2D eigenvalue weighted by atomic mass is 16.5. The third kappa shape index (κ3) is 5.14. The Morgan fingerprint density at radius 2 is 2.29 bits per heavy atom. The van der Waals surface area contributed by atoms with Crippen LogP contribution >= 0.6 is 0 Å². The molecular weight excluding hydrogens is 224 g/mol. The number of nitrogens with one attached hydrogen (secondary N) is 1. The molecule has 1 rings (SSSR count). The molecule has 0 aliphatic carbocycles. The molecule has 0 aromatic rings. The average molecular weight is 244 g/mol. The normalized spacial score (nSPS) is 20.3.